The molecule has 1 nitrogen and oxygen atoms in total. The topological polar surface area (TPSA) is 20.2 Å². The first-order chi connectivity index (χ1) is 8.45. The number of rotatable bonds is 10. The van der Waals surface area contributed by atoms with Crippen LogP contribution < -0.4 is 0 Å². The van der Waals surface area contributed by atoms with Gasteiger partial charge in [-0.15, -0.1) is 18.2 Å². The number of aliphatic hydroxyl groups excluding tert-OH is 1. The Hall–Kier alpha value is -0.0100. The average Bonchev–Trinajstić information content (AvgIpc) is 2.38. The number of unbranched alkanes of at least 4 members (excludes halogenated alkanes) is 3. The molecule has 2 unspecified atom stereocenters. The molecule has 0 aliphatic rings. The first kappa shape index (κ1) is 18.0. The molecule has 108 valence electrons. The summed E-state index contributed by atoms with van der Waals surface area (Å²) in [5.41, 5.74) is -0.218. The predicted octanol–water partition coefficient (Wildman–Crippen LogP) is 5.16. The van der Waals surface area contributed by atoms with Crippen molar-refractivity contribution >= 4 is 11.6 Å². The van der Waals surface area contributed by atoms with E-state index in [9.17, 15) is 5.11 Å². The van der Waals surface area contributed by atoms with Crippen LogP contribution >= 0.6 is 11.6 Å². The highest BCUT2D eigenvalue weighted by molar-refractivity contribution is 6.21. The minimum absolute atomic E-state index is 0.200. The quantitative estimate of drug-likeness (QED) is 0.331. The van der Waals surface area contributed by atoms with Gasteiger partial charge in [0.25, 0.3) is 0 Å². The molecule has 0 bridgehead atoms. The smallest absolute Gasteiger partial charge is 0.0796 e. The van der Waals surface area contributed by atoms with Crippen LogP contribution in [0.5, 0.6) is 0 Å². The van der Waals surface area contributed by atoms with Crippen LogP contribution in [0.1, 0.15) is 66.2 Å². The van der Waals surface area contributed by atoms with Crippen LogP contribution in [0.2, 0.25) is 0 Å². The zero-order valence-electron chi connectivity index (χ0n) is 12.6. The lowest BCUT2D eigenvalue weighted by molar-refractivity contribution is 0.0346. The number of hydrogen-bond donors (Lipinski definition) is 1. The summed E-state index contributed by atoms with van der Waals surface area (Å²) in [5, 5.41) is 10.4. The lowest BCUT2D eigenvalue weighted by atomic mass is 9.72. The van der Waals surface area contributed by atoms with Crippen molar-refractivity contribution in [1.82, 2.24) is 0 Å². The fourth-order valence-electron chi connectivity index (χ4n) is 2.46. The van der Waals surface area contributed by atoms with Gasteiger partial charge < -0.3 is 5.11 Å². The summed E-state index contributed by atoms with van der Waals surface area (Å²) >= 11 is 6.35. The molecule has 0 rings (SSSR count). The van der Waals surface area contributed by atoms with Gasteiger partial charge in [-0.1, -0.05) is 59.5 Å². The van der Waals surface area contributed by atoms with Crippen molar-refractivity contribution in [1.29, 1.82) is 0 Å². The summed E-state index contributed by atoms with van der Waals surface area (Å²) in [5.74, 6) is 0.281. The summed E-state index contributed by atoms with van der Waals surface area (Å²) in [6.45, 7) is 12.4. The van der Waals surface area contributed by atoms with E-state index >= 15 is 0 Å². The Balaban J connectivity index is 4.63. The van der Waals surface area contributed by atoms with Gasteiger partial charge in [0.1, 0.15) is 0 Å². The van der Waals surface area contributed by atoms with Crippen molar-refractivity contribution < 1.29 is 5.11 Å². The van der Waals surface area contributed by atoms with Gasteiger partial charge in [-0.2, -0.15) is 0 Å². The van der Waals surface area contributed by atoms with Crippen LogP contribution in [0, 0.1) is 11.3 Å². The summed E-state index contributed by atoms with van der Waals surface area (Å²) in [4.78, 5) is 0. The van der Waals surface area contributed by atoms with E-state index in [-0.39, 0.29) is 16.7 Å². The Morgan fingerprint density at radius 1 is 1.22 bits per heavy atom. The van der Waals surface area contributed by atoms with Crippen molar-refractivity contribution in [2.75, 3.05) is 0 Å². The normalized spacial score (nSPS) is 18.4. The van der Waals surface area contributed by atoms with Gasteiger partial charge in [0.2, 0.25) is 0 Å². The van der Waals surface area contributed by atoms with E-state index in [1.165, 1.54) is 19.3 Å². The Labute approximate surface area is 119 Å². The summed E-state index contributed by atoms with van der Waals surface area (Å²) in [6, 6.07) is 0. The van der Waals surface area contributed by atoms with Gasteiger partial charge in [-0.05, 0) is 18.8 Å². The minimum atomic E-state index is -0.497. The van der Waals surface area contributed by atoms with Crippen molar-refractivity contribution in [3.63, 3.8) is 0 Å². The van der Waals surface area contributed by atoms with Gasteiger partial charge in [-0.3, -0.25) is 0 Å². The van der Waals surface area contributed by atoms with Gasteiger partial charge in [0, 0.05) is 5.41 Å². The Bertz CT molecular complexity index is 227. The number of halogens is 1. The molecule has 0 saturated heterocycles. The fourth-order valence-corrected chi connectivity index (χ4v) is 2.71. The number of hydrogen-bond acceptors (Lipinski definition) is 1. The van der Waals surface area contributed by atoms with Gasteiger partial charge >= 0.3 is 0 Å². The van der Waals surface area contributed by atoms with Crippen LogP contribution in [0.15, 0.2) is 12.7 Å². The minimum Gasteiger partial charge on any atom is -0.391 e. The van der Waals surface area contributed by atoms with E-state index in [4.69, 9.17) is 11.6 Å². The maximum absolute atomic E-state index is 10.6. The second-order valence-corrected chi connectivity index (χ2v) is 6.24. The highest BCUT2D eigenvalue weighted by Gasteiger charge is 2.38. The zero-order valence-corrected chi connectivity index (χ0v) is 13.3. The first-order valence-corrected chi connectivity index (χ1v) is 7.84. The molecule has 0 aliphatic carbocycles. The third kappa shape index (κ3) is 4.93. The van der Waals surface area contributed by atoms with E-state index in [0.717, 1.165) is 19.3 Å². The second-order valence-electron chi connectivity index (χ2n) is 5.73. The molecule has 0 aliphatic heterocycles. The molecule has 3 atom stereocenters. The van der Waals surface area contributed by atoms with Gasteiger partial charge in [0.05, 0.1) is 11.5 Å². The third-order valence-electron chi connectivity index (χ3n) is 4.09. The standard InChI is InChI=1S/C16H31ClO/c1-6-9-10-11-12-16(7-2,8-3)15(18)14(17)13(4)5/h7,13-15,18H,2,6,8-12H2,1,3-5H3/t14?,15?,16-/m0/s1. The molecule has 0 saturated carbocycles. The van der Waals surface area contributed by atoms with E-state index in [2.05, 4.69) is 34.3 Å². The number of aliphatic hydroxyl groups is 1. The van der Waals surface area contributed by atoms with Crippen LogP contribution in [0.3, 0.4) is 0 Å². The molecular formula is C16H31ClO. The van der Waals surface area contributed by atoms with Gasteiger partial charge in [-0.25, -0.2) is 0 Å². The SMILES string of the molecule is C=C[C@](CC)(CCCCCC)C(O)C(Cl)C(C)C. The molecule has 0 spiro atoms. The zero-order chi connectivity index (χ0) is 14.2. The molecular weight excluding hydrogens is 244 g/mol. The highest BCUT2D eigenvalue weighted by Crippen LogP contribution is 2.38. The van der Waals surface area contributed by atoms with Crippen molar-refractivity contribution in [3.8, 4) is 0 Å². The maximum Gasteiger partial charge on any atom is 0.0796 e. The van der Waals surface area contributed by atoms with E-state index < -0.39 is 6.10 Å². The Morgan fingerprint density at radius 3 is 2.22 bits per heavy atom. The molecule has 0 heterocycles. The summed E-state index contributed by atoms with van der Waals surface area (Å²) < 4.78 is 0. The van der Waals surface area contributed by atoms with Crippen LogP contribution in [0.4, 0.5) is 0 Å². The lowest BCUT2D eigenvalue weighted by Gasteiger charge is -2.38. The van der Waals surface area contributed by atoms with E-state index in [0.29, 0.717) is 0 Å². The van der Waals surface area contributed by atoms with Crippen molar-refractivity contribution in [2.45, 2.75) is 77.7 Å². The lowest BCUT2D eigenvalue weighted by Crippen LogP contribution is -2.41. The van der Waals surface area contributed by atoms with Crippen molar-refractivity contribution in [3.05, 3.63) is 12.7 Å². The van der Waals surface area contributed by atoms with Gasteiger partial charge in [0.15, 0.2) is 0 Å². The molecule has 1 N–H and O–H groups in total. The monoisotopic (exact) mass is 274 g/mol. The molecule has 18 heavy (non-hydrogen) atoms. The summed E-state index contributed by atoms with van der Waals surface area (Å²) in [6.07, 6.45) is 8.20. The summed E-state index contributed by atoms with van der Waals surface area (Å²) in [7, 11) is 0. The molecule has 0 fully saturated rings. The van der Waals surface area contributed by atoms with Crippen molar-refractivity contribution in [2.24, 2.45) is 11.3 Å². The number of alkyl halides is 1. The average molecular weight is 275 g/mol. The first-order valence-electron chi connectivity index (χ1n) is 7.40. The Morgan fingerprint density at radius 2 is 1.83 bits per heavy atom. The largest absolute Gasteiger partial charge is 0.391 e. The third-order valence-corrected chi connectivity index (χ3v) is 4.83. The highest BCUT2D eigenvalue weighted by atomic mass is 35.5. The van der Waals surface area contributed by atoms with Crippen LogP contribution in [-0.4, -0.2) is 16.6 Å². The predicted molar refractivity (Wildman–Crippen MR) is 82.2 cm³/mol. The molecule has 2 heteroatoms. The van der Waals surface area contributed by atoms with Crippen LogP contribution in [-0.2, 0) is 0 Å². The second kappa shape index (κ2) is 8.98. The molecule has 0 aromatic rings. The molecule has 0 aromatic carbocycles. The molecule has 0 aromatic heterocycles. The Kier molecular flexibility index (Phi) is 8.98. The molecule has 0 radical (unpaired) electrons. The van der Waals surface area contributed by atoms with E-state index in [1.807, 2.05) is 6.08 Å². The maximum atomic E-state index is 10.6. The fraction of sp³-hybridized carbons (Fsp3) is 0.875. The van der Waals surface area contributed by atoms with Crippen LogP contribution in [0.25, 0.3) is 0 Å². The van der Waals surface area contributed by atoms with E-state index in [1.54, 1.807) is 0 Å². The molecule has 0 amide bonds.